The Morgan fingerprint density at radius 3 is 3.06 bits per heavy atom. The van der Waals surface area contributed by atoms with Crippen LogP contribution >= 0.6 is 0 Å². The highest BCUT2D eigenvalue weighted by Gasteiger charge is 2.11. The van der Waals surface area contributed by atoms with Crippen molar-refractivity contribution in [2.75, 3.05) is 26.4 Å². The molecule has 1 N–H and O–H groups in total. The van der Waals surface area contributed by atoms with E-state index in [1.807, 2.05) is 0 Å². The Morgan fingerprint density at radius 2 is 2.22 bits per heavy atom. The van der Waals surface area contributed by atoms with E-state index in [-0.39, 0.29) is 0 Å². The first-order valence-corrected chi connectivity index (χ1v) is 6.81. The molecule has 0 saturated heterocycles. The third-order valence-electron chi connectivity index (χ3n) is 3.09. The van der Waals surface area contributed by atoms with Crippen LogP contribution in [0.2, 0.25) is 0 Å². The van der Waals surface area contributed by atoms with Crippen LogP contribution in [0.4, 0.5) is 0 Å². The Balaban J connectivity index is 1.65. The fraction of sp³-hybridized carbons (Fsp3) is 0.600. The first-order chi connectivity index (χ1) is 8.75. The maximum atomic E-state index is 5.61. The molecule has 0 unspecified atom stereocenters. The molecule has 1 aromatic rings. The molecule has 100 valence electrons. The average Bonchev–Trinajstić information content (AvgIpc) is 2.80. The highest BCUT2D eigenvalue weighted by molar-refractivity contribution is 5.39. The SMILES string of the molecule is CC(C)NCCOCCc1ccc2c(c1)CCO2. The second-order valence-corrected chi connectivity index (χ2v) is 5.01. The Labute approximate surface area is 109 Å². The van der Waals surface area contributed by atoms with Crippen molar-refractivity contribution in [3.05, 3.63) is 29.3 Å². The lowest BCUT2D eigenvalue weighted by Gasteiger charge is -2.09. The maximum Gasteiger partial charge on any atom is 0.122 e. The molecule has 2 rings (SSSR count). The summed E-state index contributed by atoms with van der Waals surface area (Å²) in [4.78, 5) is 0. The molecular weight excluding hydrogens is 226 g/mol. The number of fused-ring (bicyclic) bond motifs is 1. The summed E-state index contributed by atoms with van der Waals surface area (Å²) in [6, 6.07) is 7.00. The summed E-state index contributed by atoms with van der Waals surface area (Å²) in [5, 5.41) is 3.34. The molecule has 0 atom stereocenters. The third-order valence-corrected chi connectivity index (χ3v) is 3.09. The van der Waals surface area contributed by atoms with E-state index in [9.17, 15) is 0 Å². The van der Waals surface area contributed by atoms with Crippen LogP contribution in [-0.4, -0.2) is 32.4 Å². The van der Waals surface area contributed by atoms with Gasteiger partial charge in [-0.25, -0.2) is 0 Å². The van der Waals surface area contributed by atoms with E-state index in [1.54, 1.807) is 0 Å². The molecule has 0 saturated carbocycles. The largest absolute Gasteiger partial charge is 0.493 e. The summed E-state index contributed by atoms with van der Waals surface area (Å²) in [6.45, 7) is 7.62. The quantitative estimate of drug-likeness (QED) is 0.751. The van der Waals surface area contributed by atoms with Crippen molar-refractivity contribution in [2.24, 2.45) is 0 Å². The van der Waals surface area contributed by atoms with Gasteiger partial charge < -0.3 is 14.8 Å². The van der Waals surface area contributed by atoms with E-state index in [1.165, 1.54) is 11.1 Å². The van der Waals surface area contributed by atoms with Crippen LogP contribution in [0.25, 0.3) is 0 Å². The zero-order chi connectivity index (χ0) is 12.8. The van der Waals surface area contributed by atoms with Crippen LogP contribution in [0.1, 0.15) is 25.0 Å². The minimum Gasteiger partial charge on any atom is -0.493 e. The van der Waals surface area contributed by atoms with Gasteiger partial charge in [0, 0.05) is 19.0 Å². The van der Waals surface area contributed by atoms with Gasteiger partial charge in [0.2, 0.25) is 0 Å². The highest BCUT2D eigenvalue weighted by Crippen LogP contribution is 2.25. The van der Waals surface area contributed by atoms with E-state index in [4.69, 9.17) is 9.47 Å². The number of nitrogens with one attached hydrogen (secondary N) is 1. The van der Waals surface area contributed by atoms with Gasteiger partial charge in [-0.15, -0.1) is 0 Å². The molecule has 18 heavy (non-hydrogen) atoms. The summed E-state index contributed by atoms with van der Waals surface area (Å²) in [7, 11) is 0. The van der Waals surface area contributed by atoms with Gasteiger partial charge in [-0.05, 0) is 23.6 Å². The molecule has 3 heteroatoms. The number of rotatable bonds is 7. The zero-order valence-electron chi connectivity index (χ0n) is 11.4. The van der Waals surface area contributed by atoms with E-state index < -0.39 is 0 Å². The van der Waals surface area contributed by atoms with Gasteiger partial charge in [0.15, 0.2) is 0 Å². The maximum absolute atomic E-state index is 5.61. The van der Waals surface area contributed by atoms with Gasteiger partial charge in [-0.3, -0.25) is 0 Å². The Bertz CT molecular complexity index is 377. The molecule has 1 aromatic carbocycles. The highest BCUT2D eigenvalue weighted by atomic mass is 16.5. The molecule has 0 radical (unpaired) electrons. The number of hydrogen-bond acceptors (Lipinski definition) is 3. The van der Waals surface area contributed by atoms with E-state index >= 15 is 0 Å². The van der Waals surface area contributed by atoms with Gasteiger partial charge in [0.05, 0.1) is 19.8 Å². The summed E-state index contributed by atoms with van der Waals surface area (Å²) < 4.78 is 11.1. The molecule has 0 spiro atoms. The predicted molar refractivity (Wildman–Crippen MR) is 73.3 cm³/mol. The van der Waals surface area contributed by atoms with Gasteiger partial charge in [-0.2, -0.15) is 0 Å². The summed E-state index contributed by atoms with van der Waals surface area (Å²) in [6.07, 6.45) is 2.03. The lowest BCUT2D eigenvalue weighted by Crippen LogP contribution is -2.26. The van der Waals surface area contributed by atoms with Gasteiger partial charge >= 0.3 is 0 Å². The third kappa shape index (κ3) is 4.00. The van der Waals surface area contributed by atoms with Crippen molar-refractivity contribution in [3.8, 4) is 5.75 Å². The molecule has 0 amide bonds. The molecule has 0 bridgehead atoms. The Hall–Kier alpha value is -1.06. The second kappa shape index (κ2) is 6.76. The van der Waals surface area contributed by atoms with Crippen molar-refractivity contribution in [1.82, 2.24) is 5.32 Å². The van der Waals surface area contributed by atoms with Crippen LogP contribution < -0.4 is 10.1 Å². The summed E-state index contributed by atoms with van der Waals surface area (Å²) in [5.41, 5.74) is 2.69. The Morgan fingerprint density at radius 1 is 1.33 bits per heavy atom. The minimum absolute atomic E-state index is 0.533. The van der Waals surface area contributed by atoms with Crippen molar-refractivity contribution < 1.29 is 9.47 Å². The number of ether oxygens (including phenoxy) is 2. The van der Waals surface area contributed by atoms with Gasteiger partial charge in [0.25, 0.3) is 0 Å². The van der Waals surface area contributed by atoms with Crippen molar-refractivity contribution in [3.63, 3.8) is 0 Å². The van der Waals surface area contributed by atoms with Crippen LogP contribution in [0.5, 0.6) is 5.75 Å². The predicted octanol–water partition coefficient (Wildman–Crippen LogP) is 2.18. The normalized spacial score (nSPS) is 13.7. The van der Waals surface area contributed by atoms with E-state index in [0.717, 1.165) is 45.0 Å². The molecule has 0 aliphatic carbocycles. The van der Waals surface area contributed by atoms with Crippen LogP contribution in [0.15, 0.2) is 18.2 Å². The zero-order valence-corrected chi connectivity index (χ0v) is 11.4. The monoisotopic (exact) mass is 249 g/mol. The second-order valence-electron chi connectivity index (χ2n) is 5.01. The first-order valence-electron chi connectivity index (χ1n) is 6.81. The smallest absolute Gasteiger partial charge is 0.122 e. The van der Waals surface area contributed by atoms with Crippen molar-refractivity contribution >= 4 is 0 Å². The van der Waals surface area contributed by atoms with Crippen LogP contribution in [0, 0.1) is 0 Å². The number of benzene rings is 1. The molecule has 1 aliphatic rings. The Kier molecular flexibility index (Phi) is 5.02. The van der Waals surface area contributed by atoms with Crippen LogP contribution in [0.3, 0.4) is 0 Å². The summed E-state index contributed by atoms with van der Waals surface area (Å²) >= 11 is 0. The standard InChI is InChI=1S/C15H23NO2/c1-12(2)16-7-10-17-8-5-13-3-4-15-14(11-13)6-9-18-15/h3-4,11-12,16H,5-10H2,1-2H3. The van der Waals surface area contributed by atoms with Crippen molar-refractivity contribution in [1.29, 1.82) is 0 Å². The first kappa shape index (κ1) is 13.4. The summed E-state index contributed by atoms with van der Waals surface area (Å²) in [5.74, 6) is 1.06. The molecular formula is C15H23NO2. The fourth-order valence-electron chi connectivity index (χ4n) is 2.11. The molecule has 3 nitrogen and oxygen atoms in total. The average molecular weight is 249 g/mol. The lowest BCUT2D eigenvalue weighted by molar-refractivity contribution is 0.137. The molecule has 0 fully saturated rings. The van der Waals surface area contributed by atoms with Gasteiger partial charge in [0.1, 0.15) is 5.75 Å². The molecule has 1 heterocycles. The number of hydrogen-bond donors (Lipinski definition) is 1. The van der Waals surface area contributed by atoms with Crippen LogP contribution in [-0.2, 0) is 17.6 Å². The topological polar surface area (TPSA) is 30.5 Å². The minimum atomic E-state index is 0.533. The van der Waals surface area contributed by atoms with Gasteiger partial charge in [-0.1, -0.05) is 26.0 Å². The van der Waals surface area contributed by atoms with Crippen molar-refractivity contribution in [2.45, 2.75) is 32.7 Å². The van der Waals surface area contributed by atoms with E-state index in [2.05, 4.69) is 37.4 Å². The lowest BCUT2D eigenvalue weighted by atomic mass is 10.1. The molecule has 0 aromatic heterocycles. The van der Waals surface area contributed by atoms with E-state index in [0.29, 0.717) is 6.04 Å². The fourth-order valence-corrected chi connectivity index (χ4v) is 2.11. The molecule has 1 aliphatic heterocycles.